The molecule has 0 N–H and O–H groups in total. The molecular formula is C10H16O5Si. The van der Waals surface area contributed by atoms with Gasteiger partial charge in [0.05, 0.1) is 7.11 Å². The highest BCUT2D eigenvalue weighted by molar-refractivity contribution is 6.54. The van der Waals surface area contributed by atoms with Gasteiger partial charge in [0, 0.05) is 21.3 Å². The summed E-state index contributed by atoms with van der Waals surface area (Å²) in [5.74, 6) is 1.37. The van der Waals surface area contributed by atoms with Crippen molar-refractivity contribution >= 4 is 9.05 Å². The Morgan fingerprint density at radius 2 is 1.19 bits per heavy atom. The van der Waals surface area contributed by atoms with Crippen molar-refractivity contribution in [3.8, 4) is 11.5 Å². The molecule has 0 bridgehead atoms. The number of benzene rings is 1. The van der Waals surface area contributed by atoms with Crippen LogP contribution in [-0.2, 0) is 13.3 Å². The van der Waals surface area contributed by atoms with Gasteiger partial charge in [-0.05, 0) is 24.3 Å². The van der Waals surface area contributed by atoms with Crippen molar-refractivity contribution in [3.05, 3.63) is 24.3 Å². The molecule has 0 spiro atoms. The van der Waals surface area contributed by atoms with Crippen LogP contribution in [0.25, 0.3) is 0 Å². The fourth-order valence-electron chi connectivity index (χ4n) is 1.16. The van der Waals surface area contributed by atoms with Crippen molar-refractivity contribution in [3.63, 3.8) is 0 Å². The maximum absolute atomic E-state index is 5.57. The maximum Gasteiger partial charge on any atom is 0.748 e. The number of ether oxygens (including phenoxy) is 1. The summed E-state index contributed by atoms with van der Waals surface area (Å²) in [5, 5.41) is 0. The average molecular weight is 244 g/mol. The van der Waals surface area contributed by atoms with Gasteiger partial charge in [-0.15, -0.1) is 0 Å². The molecule has 0 aliphatic heterocycles. The Kier molecular flexibility index (Phi) is 4.75. The summed E-state index contributed by atoms with van der Waals surface area (Å²) in [7, 11) is 3.05. The van der Waals surface area contributed by atoms with Crippen molar-refractivity contribution in [1.29, 1.82) is 0 Å². The highest BCUT2D eigenvalue weighted by atomic mass is 28.4. The van der Waals surface area contributed by atoms with Crippen molar-refractivity contribution in [2.45, 2.75) is 0 Å². The number of hydrogen-bond acceptors (Lipinski definition) is 5. The van der Waals surface area contributed by atoms with Gasteiger partial charge in [-0.1, -0.05) is 0 Å². The second-order valence-corrected chi connectivity index (χ2v) is 5.32. The minimum Gasteiger partial charge on any atom is -0.497 e. The number of rotatable bonds is 6. The van der Waals surface area contributed by atoms with Crippen LogP contribution in [0.2, 0.25) is 0 Å². The molecule has 0 saturated heterocycles. The Bertz CT molecular complexity index is 301. The molecule has 1 rings (SSSR count). The number of methoxy groups -OCH3 is 1. The van der Waals surface area contributed by atoms with Crippen LogP contribution < -0.4 is 9.16 Å². The van der Waals surface area contributed by atoms with Gasteiger partial charge in [0.2, 0.25) is 0 Å². The SMILES string of the molecule is COc1ccc(O[Si](OC)(OC)OC)cc1. The Balaban J connectivity index is 2.77. The first-order chi connectivity index (χ1) is 7.69. The van der Waals surface area contributed by atoms with Gasteiger partial charge in [-0.3, -0.25) is 0 Å². The van der Waals surface area contributed by atoms with E-state index in [-0.39, 0.29) is 0 Å². The van der Waals surface area contributed by atoms with E-state index in [1.54, 1.807) is 31.4 Å². The summed E-state index contributed by atoms with van der Waals surface area (Å²) in [5.41, 5.74) is 0. The number of hydrogen-bond donors (Lipinski definition) is 0. The predicted octanol–water partition coefficient (Wildman–Crippen LogP) is 1.45. The average Bonchev–Trinajstić information content (AvgIpc) is 2.37. The highest BCUT2D eigenvalue weighted by Crippen LogP contribution is 2.21. The van der Waals surface area contributed by atoms with E-state index in [1.165, 1.54) is 21.3 Å². The lowest BCUT2D eigenvalue weighted by molar-refractivity contribution is 0.0510. The summed E-state index contributed by atoms with van der Waals surface area (Å²) in [4.78, 5) is 0. The van der Waals surface area contributed by atoms with Crippen LogP contribution in [0.5, 0.6) is 11.5 Å². The third kappa shape index (κ3) is 2.95. The van der Waals surface area contributed by atoms with Gasteiger partial charge < -0.3 is 22.4 Å². The Hall–Kier alpha value is -1.08. The molecule has 0 heterocycles. The topological polar surface area (TPSA) is 46.2 Å². The molecule has 0 aromatic heterocycles. The summed E-state index contributed by atoms with van der Waals surface area (Å²) < 4.78 is 26.0. The van der Waals surface area contributed by atoms with E-state index < -0.39 is 9.05 Å². The van der Waals surface area contributed by atoms with Crippen LogP contribution in [0.1, 0.15) is 0 Å². The van der Waals surface area contributed by atoms with E-state index in [0.29, 0.717) is 5.75 Å². The highest BCUT2D eigenvalue weighted by Gasteiger charge is 2.45. The van der Waals surface area contributed by atoms with Gasteiger partial charge in [0.25, 0.3) is 0 Å². The van der Waals surface area contributed by atoms with Crippen molar-refractivity contribution in [1.82, 2.24) is 0 Å². The van der Waals surface area contributed by atoms with Crippen molar-refractivity contribution in [2.75, 3.05) is 28.4 Å². The van der Waals surface area contributed by atoms with E-state index >= 15 is 0 Å². The molecule has 0 fully saturated rings. The van der Waals surface area contributed by atoms with E-state index in [2.05, 4.69) is 0 Å². The standard InChI is InChI=1S/C10H16O5Si/c1-11-9-5-7-10(8-6-9)15-16(12-2,13-3)14-4/h5-8H,1-4H3. The molecule has 1 aromatic carbocycles. The first-order valence-electron chi connectivity index (χ1n) is 4.68. The molecule has 16 heavy (non-hydrogen) atoms. The van der Waals surface area contributed by atoms with Crippen LogP contribution in [0.3, 0.4) is 0 Å². The molecule has 1 aromatic rings. The lowest BCUT2D eigenvalue weighted by Crippen LogP contribution is -2.49. The fraction of sp³-hybridized carbons (Fsp3) is 0.400. The van der Waals surface area contributed by atoms with E-state index in [4.69, 9.17) is 22.4 Å². The van der Waals surface area contributed by atoms with Crippen LogP contribution >= 0.6 is 0 Å². The molecule has 0 aliphatic rings. The summed E-state index contributed by atoms with van der Waals surface area (Å²) >= 11 is 0. The van der Waals surface area contributed by atoms with Gasteiger partial charge in [-0.2, -0.15) is 0 Å². The molecular weight excluding hydrogens is 228 g/mol. The third-order valence-electron chi connectivity index (χ3n) is 2.05. The third-order valence-corrected chi connectivity index (χ3v) is 4.04. The van der Waals surface area contributed by atoms with E-state index in [0.717, 1.165) is 5.75 Å². The zero-order valence-electron chi connectivity index (χ0n) is 9.85. The van der Waals surface area contributed by atoms with Gasteiger partial charge in [0.15, 0.2) is 0 Å². The summed E-state index contributed by atoms with van der Waals surface area (Å²) in [6.45, 7) is 0. The van der Waals surface area contributed by atoms with Crippen LogP contribution in [0.4, 0.5) is 0 Å². The van der Waals surface area contributed by atoms with Crippen molar-refractivity contribution < 1.29 is 22.4 Å². The van der Waals surface area contributed by atoms with Gasteiger partial charge in [0.1, 0.15) is 11.5 Å². The Morgan fingerprint density at radius 3 is 1.56 bits per heavy atom. The zero-order valence-corrected chi connectivity index (χ0v) is 10.9. The summed E-state index contributed by atoms with van der Waals surface area (Å²) in [6, 6.07) is 7.10. The maximum atomic E-state index is 5.57. The Labute approximate surface area is 96.3 Å². The molecule has 5 nitrogen and oxygen atoms in total. The first kappa shape index (κ1) is 13.0. The monoisotopic (exact) mass is 244 g/mol. The van der Waals surface area contributed by atoms with Gasteiger partial charge >= 0.3 is 9.05 Å². The second kappa shape index (κ2) is 5.85. The van der Waals surface area contributed by atoms with E-state index in [9.17, 15) is 0 Å². The summed E-state index contributed by atoms with van der Waals surface area (Å²) in [6.07, 6.45) is 0. The molecule has 0 atom stereocenters. The lowest BCUT2D eigenvalue weighted by atomic mass is 10.3. The zero-order chi connectivity index (χ0) is 12.0. The Morgan fingerprint density at radius 1 is 0.750 bits per heavy atom. The fourth-order valence-corrected chi connectivity index (χ4v) is 2.34. The quantitative estimate of drug-likeness (QED) is 0.709. The van der Waals surface area contributed by atoms with Crippen LogP contribution in [0, 0.1) is 0 Å². The van der Waals surface area contributed by atoms with Crippen LogP contribution in [0.15, 0.2) is 24.3 Å². The minimum atomic E-state index is -3.03. The molecule has 0 aliphatic carbocycles. The molecule has 0 saturated carbocycles. The molecule has 0 amide bonds. The second-order valence-electron chi connectivity index (χ2n) is 2.89. The minimum absolute atomic E-state index is 0.609. The van der Waals surface area contributed by atoms with Crippen LogP contribution in [-0.4, -0.2) is 37.5 Å². The smallest absolute Gasteiger partial charge is 0.497 e. The normalized spacial score (nSPS) is 11.2. The van der Waals surface area contributed by atoms with Gasteiger partial charge in [-0.25, -0.2) is 0 Å². The lowest BCUT2D eigenvalue weighted by Gasteiger charge is -2.23. The molecule has 6 heteroatoms. The first-order valence-corrected chi connectivity index (χ1v) is 6.31. The predicted molar refractivity (Wildman–Crippen MR) is 60.4 cm³/mol. The molecule has 90 valence electrons. The van der Waals surface area contributed by atoms with E-state index in [1.807, 2.05) is 0 Å². The van der Waals surface area contributed by atoms with Crippen molar-refractivity contribution in [2.24, 2.45) is 0 Å². The molecule has 0 radical (unpaired) electrons. The largest absolute Gasteiger partial charge is 0.748 e. The molecule has 0 unspecified atom stereocenters.